The van der Waals surface area contributed by atoms with Crippen LogP contribution in [0.5, 0.6) is 11.5 Å². The van der Waals surface area contributed by atoms with Gasteiger partial charge in [0.1, 0.15) is 11.4 Å². The highest BCUT2D eigenvalue weighted by Gasteiger charge is 2.18. The molecule has 1 aliphatic rings. The lowest BCUT2D eigenvalue weighted by Crippen LogP contribution is -2.05. The van der Waals surface area contributed by atoms with Crippen LogP contribution in [-0.2, 0) is 0 Å². The van der Waals surface area contributed by atoms with E-state index in [9.17, 15) is 4.79 Å². The maximum Gasteiger partial charge on any atom is 0.231 e. The molecule has 1 aromatic heterocycles. The lowest BCUT2D eigenvalue weighted by Gasteiger charge is -2.09. The smallest absolute Gasteiger partial charge is 0.231 e. The highest BCUT2D eigenvalue weighted by molar-refractivity contribution is 7.99. The molecule has 3 aromatic carbocycles. The van der Waals surface area contributed by atoms with Gasteiger partial charge in [-0.15, -0.1) is 10.2 Å². The first kappa shape index (κ1) is 19.3. The second-order valence-corrected chi connectivity index (χ2v) is 7.75. The molecule has 2 heterocycles. The number of ether oxygens (including phenoxy) is 2. The normalized spacial score (nSPS) is 12.0. The molecule has 0 atom stereocenters. The molecule has 7 heteroatoms. The van der Waals surface area contributed by atoms with Crippen LogP contribution >= 0.6 is 11.8 Å². The van der Waals surface area contributed by atoms with Gasteiger partial charge >= 0.3 is 0 Å². The van der Waals surface area contributed by atoms with Gasteiger partial charge < -0.3 is 9.47 Å². The summed E-state index contributed by atoms with van der Waals surface area (Å²) < 4.78 is 10.7. The molecule has 1 aliphatic heterocycles. The number of carbonyl (C=O) groups is 1. The summed E-state index contributed by atoms with van der Waals surface area (Å²) in [6, 6.07) is 24.9. The lowest BCUT2D eigenvalue weighted by molar-refractivity contribution is 0.102. The Morgan fingerprint density at radius 2 is 1.48 bits per heavy atom. The minimum absolute atomic E-state index is 0.0414. The lowest BCUT2D eigenvalue weighted by atomic mass is 10.0. The second-order valence-electron chi connectivity index (χ2n) is 6.80. The van der Waals surface area contributed by atoms with Crippen molar-refractivity contribution in [3.05, 3.63) is 84.4 Å². The van der Waals surface area contributed by atoms with Crippen LogP contribution in [0.25, 0.3) is 22.5 Å². The van der Waals surface area contributed by atoms with Crippen LogP contribution < -0.4 is 9.47 Å². The van der Waals surface area contributed by atoms with Crippen molar-refractivity contribution in [3.8, 4) is 34.0 Å². The number of aromatic nitrogens is 3. The predicted octanol–water partition coefficient (Wildman–Crippen LogP) is 4.91. The van der Waals surface area contributed by atoms with Gasteiger partial charge in [-0.3, -0.25) is 4.79 Å². The number of carbonyl (C=O) groups excluding carboxylic acids is 1. The van der Waals surface area contributed by atoms with E-state index in [0.717, 1.165) is 16.8 Å². The van der Waals surface area contributed by atoms with Crippen molar-refractivity contribution in [2.24, 2.45) is 0 Å². The van der Waals surface area contributed by atoms with Crippen LogP contribution in [0.15, 0.2) is 84.0 Å². The molecule has 0 spiro atoms. The molecule has 0 unspecified atom stereocenters. The third kappa shape index (κ3) is 4.13. The van der Waals surface area contributed by atoms with E-state index in [1.165, 1.54) is 11.8 Å². The zero-order valence-corrected chi connectivity index (χ0v) is 17.2. The van der Waals surface area contributed by atoms with Gasteiger partial charge in [0.2, 0.25) is 11.9 Å². The molecular weight excluding hydrogens is 410 g/mol. The van der Waals surface area contributed by atoms with Crippen LogP contribution in [0, 0.1) is 0 Å². The summed E-state index contributed by atoms with van der Waals surface area (Å²) >= 11 is 1.26. The summed E-state index contributed by atoms with van der Waals surface area (Å²) in [6.07, 6.45) is 0. The third-order valence-electron chi connectivity index (χ3n) is 4.79. The molecule has 0 saturated carbocycles. The minimum atomic E-state index is -0.0414. The Bertz CT molecular complexity index is 1230. The van der Waals surface area contributed by atoms with Gasteiger partial charge in [-0.1, -0.05) is 72.4 Å². The number of thioether (sulfide) groups is 1. The van der Waals surface area contributed by atoms with E-state index in [1.54, 1.807) is 18.2 Å². The van der Waals surface area contributed by atoms with Crippen LogP contribution in [0.2, 0.25) is 0 Å². The van der Waals surface area contributed by atoms with E-state index in [2.05, 4.69) is 10.2 Å². The van der Waals surface area contributed by atoms with Gasteiger partial charge in [-0.05, 0) is 18.2 Å². The highest BCUT2D eigenvalue weighted by atomic mass is 32.2. The van der Waals surface area contributed by atoms with Crippen molar-refractivity contribution >= 4 is 17.5 Å². The largest absolute Gasteiger partial charge is 0.454 e. The molecule has 0 aliphatic carbocycles. The number of hydrogen-bond acceptors (Lipinski definition) is 7. The van der Waals surface area contributed by atoms with Gasteiger partial charge in [0.15, 0.2) is 17.3 Å². The van der Waals surface area contributed by atoms with Crippen molar-refractivity contribution in [2.75, 3.05) is 12.5 Å². The van der Waals surface area contributed by atoms with Crippen molar-refractivity contribution in [1.82, 2.24) is 15.2 Å². The molecule has 0 fully saturated rings. The molecule has 31 heavy (non-hydrogen) atoms. The summed E-state index contributed by atoms with van der Waals surface area (Å²) in [4.78, 5) is 17.4. The van der Waals surface area contributed by atoms with Gasteiger partial charge in [-0.25, -0.2) is 4.98 Å². The van der Waals surface area contributed by atoms with E-state index in [1.807, 2.05) is 60.7 Å². The number of fused-ring (bicyclic) bond motifs is 1. The molecule has 152 valence electrons. The predicted molar refractivity (Wildman–Crippen MR) is 118 cm³/mol. The van der Waals surface area contributed by atoms with E-state index in [0.29, 0.717) is 27.9 Å². The quantitative estimate of drug-likeness (QED) is 0.320. The number of rotatable bonds is 6. The molecule has 0 saturated heterocycles. The van der Waals surface area contributed by atoms with Crippen LogP contribution in [-0.4, -0.2) is 33.5 Å². The van der Waals surface area contributed by atoms with Crippen LogP contribution in [0.1, 0.15) is 10.4 Å². The summed E-state index contributed by atoms with van der Waals surface area (Å²) in [5.74, 6) is 1.40. The number of ketones is 1. The molecule has 5 rings (SSSR count). The number of benzene rings is 3. The molecule has 0 N–H and O–H groups in total. The standard InChI is InChI=1S/C24H17N3O3S/c28-19(18-11-12-20-21(13-18)30-15-29-20)14-31-24-25-22(16-7-3-1-4-8-16)23(26-27-24)17-9-5-2-6-10-17/h1-13H,14-15H2. The Kier molecular flexibility index (Phi) is 5.33. The first-order valence-corrected chi connectivity index (χ1v) is 10.7. The van der Waals surface area contributed by atoms with Crippen LogP contribution in [0.4, 0.5) is 0 Å². The molecule has 0 radical (unpaired) electrons. The van der Waals surface area contributed by atoms with Crippen molar-refractivity contribution in [2.45, 2.75) is 5.16 Å². The summed E-state index contributed by atoms with van der Waals surface area (Å²) in [6.45, 7) is 0.178. The fraction of sp³-hybridized carbons (Fsp3) is 0.0833. The molecular formula is C24H17N3O3S. The fourth-order valence-electron chi connectivity index (χ4n) is 3.24. The minimum Gasteiger partial charge on any atom is -0.454 e. The average Bonchev–Trinajstić information content (AvgIpc) is 3.31. The number of Topliss-reactive ketones (excluding diaryl/α,β-unsaturated/α-hetero) is 1. The second kappa shape index (κ2) is 8.57. The highest BCUT2D eigenvalue weighted by Crippen LogP contribution is 2.33. The van der Waals surface area contributed by atoms with E-state index >= 15 is 0 Å². The SMILES string of the molecule is O=C(CSc1nnc(-c2ccccc2)c(-c2ccccc2)n1)c1ccc2c(c1)OCO2. The topological polar surface area (TPSA) is 74.2 Å². The van der Waals surface area contributed by atoms with E-state index in [-0.39, 0.29) is 18.3 Å². The first-order valence-electron chi connectivity index (χ1n) is 9.69. The third-order valence-corrected chi connectivity index (χ3v) is 5.63. The van der Waals surface area contributed by atoms with E-state index in [4.69, 9.17) is 14.5 Å². The Balaban J connectivity index is 1.40. The molecule has 4 aromatic rings. The monoisotopic (exact) mass is 427 g/mol. The maximum absolute atomic E-state index is 12.7. The maximum atomic E-state index is 12.7. The number of hydrogen-bond donors (Lipinski definition) is 0. The van der Waals surface area contributed by atoms with E-state index < -0.39 is 0 Å². The average molecular weight is 427 g/mol. The zero-order valence-electron chi connectivity index (χ0n) is 16.4. The van der Waals surface area contributed by atoms with Crippen molar-refractivity contribution in [3.63, 3.8) is 0 Å². The van der Waals surface area contributed by atoms with Crippen molar-refractivity contribution in [1.29, 1.82) is 0 Å². The van der Waals surface area contributed by atoms with Gasteiger partial charge in [0.25, 0.3) is 0 Å². The molecule has 0 amide bonds. The molecule has 6 nitrogen and oxygen atoms in total. The van der Waals surface area contributed by atoms with Gasteiger partial charge in [-0.2, -0.15) is 0 Å². The summed E-state index contributed by atoms with van der Waals surface area (Å²) in [5.41, 5.74) is 3.89. The zero-order chi connectivity index (χ0) is 21.0. The first-order chi connectivity index (χ1) is 15.3. The van der Waals surface area contributed by atoms with Gasteiger partial charge in [0.05, 0.1) is 5.75 Å². The molecule has 0 bridgehead atoms. The Hall–Kier alpha value is -3.71. The Morgan fingerprint density at radius 1 is 0.806 bits per heavy atom. The Morgan fingerprint density at radius 3 is 2.23 bits per heavy atom. The summed E-state index contributed by atoms with van der Waals surface area (Å²) in [5, 5.41) is 9.16. The van der Waals surface area contributed by atoms with Gasteiger partial charge in [0, 0.05) is 16.7 Å². The summed E-state index contributed by atoms with van der Waals surface area (Å²) in [7, 11) is 0. The van der Waals surface area contributed by atoms with Crippen LogP contribution in [0.3, 0.4) is 0 Å². The fourth-order valence-corrected chi connectivity index (χ4v) is 3.92. The van der Waals surface area contributed by atoms with Crippen molar-refractivity contribution < 1.29 is 14.3 Å². The Labute approximate surface area is 183 Å². The number of nitrogens with zero attached hydrogens (tertiary/aromatic N) is 3.